The van der Waals surface area contributed by atoms with Gasteiger partial charge in [0.2, 0.25) is 5.91 Å². The van der Waals surface area contributed by atoms with Gasteiger partial charge in [-0.25, -0.2) is 4.98 Å². The van der Waals surface area contributed by atoms with Crippen molar-refractivity contribution in [1.29, 1.82) is 0 Å². The number of rotatable bonds is 5. The van der Waals surface area contributed by atoms with Crippen molar-refractivity contribution >= 4 is 17.2 Å². The highest BCUT2D eigenvalue weighted by Crippen LogP contribution is 2.31. The fraction of sp³-hybridized carbons (Fsp3) is 0.583. The molecule has 0 saturated carbocycles. The van der Waals surface area contributed by atoms with Gasteiger partial charge in [0.05, 0.1) is 25.3 Å². The van der Waals surface area contributed by atoms with Crippen molar-refractivity contribution in [2.75, 3.05) is 59.5 Å². The molecule has 1 spiro atoms. The molecule has 1 amide bonds. The Balaban J connectivity index is 1.14. The Labute approximate surface area is 193 Å². The molecule has 0 atom stereocenters. The lowest BCUT2D eigenvalue weighted by molar-refractivity contribution is -0.187. The molecule has 0 N–H and O–H groups in total. The first-order chi connectivity index (χ1) is 15.6. The number of benzene rings is 1. The summed E-state index contributed by atoms with van der Waals surface area (Å²) in [5.74, 6) is -0.307. The first kappa shape index (κ1) is 22.0. The molecule has 0 radical (unpaired) electrons. The number of aromatic nitrogens is 1. The lowest BCUT2D eigenvalue weighted by atomic mass is 10.0. The summed E-state index contributed by atoms with van der Waals surface area (Å²) in [6.45, 7) is 8.21. The van der Waals surface area contributed by atoms with E-state index in [0.717, 1.165) is 61.8 Å². The van der Waals surface area contributed by atoms with Crippen molar-refractivity contribution in [3.05, 3.63) is 40.9 Å². The van der Waals surface area contributed by atoms with E-state index >= 15 is 0 Å². The number of nitrogens with zero attached hydrogens (tertiary/aromatic N) is 4. The van der Waals surface area contributed by atoms with Gasteiger partial charge in [0.25, 0.3) is 0 Å². The number of amides is 1. The number of piperidine rings is 1. The van der Waals surface area contributed by atoms with Crippen molar-refractivity contribution in [3.63, 3.8) is 0 Å². The Bertz CT molecular complexity index is 908. The molecule has 3 aliphatic rings. The van der Waals surface area contributed by atoms with Crippen LogP contribution in [0.1, 0.15) is 24.1 Å². The zero-order chi connectivity index (χ0) is 22.0. The van der Waals surface area contributed by atoms with E-state index in [2.05, 4.69) is 41.1 Å². The molecule has 32 heavy (non-hydrogen) atoms. The summed E-state index contributed by atoms with van der Waals surface area (Å²) in [5.41, 5.74) is 3.31. The van der Waals surface area contributed by atoms with Crippen molar-refractivity contribution in [2.45, 2.75) is 31.6 Å². The maximum atomic E-state index is 12.8. The van der Waals surface area contributed by atoms with Crippen molar-refractivity contribution in [3.8, 4) is 10.6 Å². The number of thiazole rings is 1. The monoisotopic (exact) mass is 456 g/mol. The number of hydrogen-bond donors (Lipinski definition) is 0. The highest BCUT2D eigenvalue weighted by Gasteiger charge is 2.40. The molecule has 2 aromatic rings. The summed E-state index contributed by atoms with van der Waals surface area (Å²) < 4.78 is 11.5. The SMILES string of the molecule is CN1CCN(Cc2ccc(-c3nc(CC(=O)N4CCC5(CC4)OCCO5)cs3)cc2)CC1. The molecule has 1 aromatic heterocycles. The zero-order valence-corrected chi connectivity index (χ0v) is 19.6. The van der Waals surface area contributed by atoms with Gasteiger partial charge in [0, 0.05) is 69.6 Å². The maximum absolute atomic E-state index is 12.8. The lowest BCUT2D eigenvalue weighted by Gasteiger charge is -2.37. The molecule has 0 aliphatic carbocycles. The van der Waals surface area contributed by atoms with Crippen LogP contribution in [0.15, 0.2) is 29.6 Å². The van der Waals surface area contributed by atoms with Crippen LogP contribution in [0.4, 0.5) is 0 Å². The molecule has 5 rings (SSSR count). The fourth-order valence-electron chi connectivity index (χ4n) is 4.69. The molecule has 3 aliphatic heterocycles. The second-order valence-corrected chi connectivity index (χ2v) is 9.94. The van der Waals surface area contributed by atoms with E-state index in [1.54, 1.807) is 11.3 Å². The van der Waals surface area contributed by atoms with Gasteiger partial charge in [-0.3, -0.25) is 9.69 Å². The molecule has 3 fully saturated rings. The third-order valence-electron chi connectivity index (χ3n) is 6.78. The summed E-state index contributed by atoms with van der Waals surface area (Å²) in [6.07, 6.45) is 1.86. The van der Waals surface area contributed by atoms with Gasteiger partial charge in [-0.15, -0.1) is 11.3 Å². The average molecular weight is 457 g/mol. The molecule has 3 saturated heterocycles. The van der Waals surface area contributed by atoms with Gasteiger partial charge in [-0.1, -0.05) is 24.3 Å². The second kappa shape index (κ2) is 9.57. The Hall–Kier alpha value is -1.84. The Morgan fingerprint density at radius 1 is 1.03 bits per heavy atom. The van der Waals surface area contributed by atoms with Crippen LogP contribution in [0.5, 0.6) is 0 Å². The van der Waals surface area contributed by atoms with Crippen molar-refractivity contribution < 1.29 is 14.3 Å². The molecule has 4 heterocycles. The Morgan fingerprint density at radius 2 is 1.72 bits per heavy atom. The van der Waals surface area contributed by atoms with Crippen LogP contribution < -0.4 is 0 Å². The number of carbonyl (C=O) groups excluding carboxylic acids is 1. The Kier molecular flexibility index (Phi) is 6.57. The first-order valence-corrected chi connectivity index (χ1v) is 12.5. The molecule has 1 aromatic carbocycles. The van der Waals surface area contributed by atoms with Gasteiger partial charge in [0.15, 0.2) is 5.79 Å². The number of ether oxygens (including phenoxy) is 2. The van der Waals surface area contributed by atoms with Crippen LogP contribution in [0.25, 0.3) is 10.6 Å². The van der Waals surface area contributed by atoms with E-state index in [4.69, 9.17) is 14.5 Å². The second-order valence-electron chi connectivity index (χ2n) is 9.09. The standard InChI is InChI=1S/C24H32N4O3S/c1-26-10-12-27(13-11-26)17-19-2-4-20(5-3-19)23-25-21(18-32-23)16-22(29)28-8-6-24(7-9-28)30-14-15-31-24/h2-5,18H,6-17H2,1H3. The summed E-state index contributed by atoms with van der Waals surface area (Å²) in [7, 11) is 2.18. The molecular formula is C24H32N4O3S. The summed E-state index contributed by atoms with van der Waals surface area (Å²) in [6, 6.07) is 8.72. The van der Waals surface area contributed by atoms with Crippen LogP contribution >= 0.6 is 11.3 Å². The normalized spacial score (nSPS) is 22.0. The largest absolute Gasteiger partial charge is 0.347 e. The number of likely N-dealkylation sites (N-methyl/N-ethyl adjacent to an activating group) is 1. The van der Waals surface area contributed by atoms with Gasteiger partial charge in [-0.05, 0) is 12.6 Å². The zero-order valence-electron chi connectivity index (χ0n) is 18.8. The predicted octanol–water partition coefficient (Wildman–Crippen LogP) is 2.47. The molecule has 7 nitrogen and oxygen atoms in total. The molecule has 172 valence electrons. The van der Waals surface area contributed by atoms with E-state index in [1.807, 2.05) is 10.3 Å². The highest BCUT2D eigenvalue weighted by molar-refractivity contribution is 7.13. The fourth-order valence-corrected chi connectivity index (χ4v) is 5.51. The number of carbonyl (C=O) groups is 1. The number of likely N-dealkylation sites (tertiary alicyclic amines) is 1. The van der Waals surface area contributed by atoms with Gasteiger partial charge >= 0.3 is 0 Å². The van der Waals surface area contributed by atoms with Crippen LogP contribution in [0.2, 0.25) is 0 Å². The van der Waals surface area contributed by atoms with E-state index in [-0.39, 0.29) is 5.91 Å². The molecule has 8 heteroatoms. The molecular weight excluding hydrogens is 424 g/mol. The minimum absolute atomic E-state index is 0.136. The smallest absolute Gasteiger partial charge is 0.228 e. The van der Waals surface area contributed by atoms with Crippen molar-refractivity contribution in [1.82, 2.24) is 19.7 Å². The van der Waals surface area contributed by atoms with E-state index in [0.29, 0.717) is 32.7 Å². The minimum Gasteiger partial charge on any atom is -0.347 e. The molecule has 0 bridgehead atoms. The Morgan fingerprint density at radius 3 is 2.41 bits per heavy atom. The van der Waals surface area contributed by atoms with Gasteiger partial charge < -0.3 is 19.3 Å². The van der Waals surface area contributed by atoms with Crippen LogP contribution in [0.3, 0.4) is 0 Å². The number of hydrogen-bond acceptors (Lipinski definition) is 7. The van der Waals surface area contributed by atoms with E-state index in [9.17, 15) is 4.79 Å². The van der Waals surface area contributed by atoms with Gasteiger partial charge in [0.1, 0.15) is 5.01 Å². The van der Waals surface area contributed by atoms with E-state index < -0.39 is 5.79 Å². The van der Waals surface area contributed by atoms with Crippen LogP contribution in [-0.2, 0) is 27.2 Å². The van der Waals surface area contributed by atoms with Crippen LogP contribution in [0, 0.1) is 0 Å². The first-order valence-electron chi connectivity index (χ1n) is 11.6. The van der Waals surface area contributed by atoms with Gasteiger partial charge in [-0.2, -0.15) is 0 Å². The topological polar surface area (TPSA) is 58.1 Å². The summed E-state index contributed by atoms with van der Waals surface area (Å²) >= 11 is 1.61. The third-order valence-corrected chi connectivity index (χ3v) is 7.72. The quantitative estimate of drug-likeness (QED) is 0.689. The van der Waals surface area contributed by atoms with Crippen LogP contribution in [-0.4, -0.2) is 90.9 Å². The lowest BCUT2D eigenvalue weighted by Crippen LogP contribution is -2.47. The predicted molar refractivity (Wildman–Crippen MR) is 124 cm³/mol. The highest BCUT2D eigenvalue weighted by atomic mass is 32.1. The average Bonchev–Trinajstić information content (AvgIpc) is 3.46. The maximum Gasteiger partial charge on any atom is 0.228 e. The molecule has 0 unspecified atom stereocenters. The van der Waals surface area contributed by atoms with Crippen molar-refractivity contribution in [2.24, 2.45) is 0 Å². The summed E-state index contributed by atoms with van der Waals surface area (Å²) in [4.78, 5) is 24.3. The summed E-state index contributed by atoms with van der Waals surface area (Å²) in [5, 5.41) is 2.99. The third kappa shape index (κ3) is 5.05. The minimum atomic E-state index is -0.443. The number of piperazine rings is 1. The van der Waals surface area contributed by atoms with E-state index in [1.165, 1.54) is 5.56 Å².